The van der Waals surface area contributed by atoms with Crippen LogP contribution in [-0.2, 0) is 16.1 Å². The van der Waals surface area contributed by atoms with Crippen LogP contribution in [0.4, 0.5) is 5.69 Å². The summed E-state index contributed by atoms with van der Waals surface area (Å²) in [4.78, 5) is 29.0. The highest BCUT2D eigenvalue weighted by Gasteiger charge is 2.19. The third kappa shape index (κ3) is 7.24. The van der Waals surface area contributed by atoms with Gasteiger partial charge >= 0.3 is 0 Å². The Balaban J connectivity index is 1.37. The molecule has 7 nitrogen and oxygen atoms in total. The van der Waals surface area contributed by atoms with Gasteiger partial charge in [-0.25, -0.2) is 0 Å². The SMILES string of the molecule is COc1ccc(C)cc1NC(=O)CNC(=O)CN1CCN(Cc2ccc(Cl)cc2)CC1. The normalized spacial score (nSPS) is 14.8. The van der Waals surface area contributed by atoms with Crippen LogP contribution in [0.15, 0.2) is 42.5 Å². The summed E-state index contributed by atoms with van der Waals surface area (Å²) >= 11 is 5.94. The van der Waals surface area contributed by atoms with Crippen molar-refractivity contribution in [1.29, 1.82) is 0 Å². The molecule has 3 rings (SSSR count). The van der Waals surface area contributed by atoms with Gasteiger partial charge in [0.15, 0.2) is 0 Å². The number of aryl methyl sites for hydroxylation is 1. The summed E-state index contributed by atoms with van der Waals surface area (Å²) in [6.07, 6.45) is 0. The molecular weight excluding hydrogens is 416 g/mol. The standard InChI is InChI=1S/C23H29ClN4O3/c1-17-3-8-21(31-2)20(13-17)26-22(29)14-25-23(30)16-28-11-9-27(10-12-28)15-18-4-6-19(24)7-5-18/h3-8,13H,9-12,14-16H2,1-2H3,(H,25,30)(H,26,29). The maximum atomic E-state index is 12.3. The van der Waals surface area contributed by atoms with Crippen molar-refractivity contribution in [2.45, 2.75) is 13.5 Å². The average molecular weight is 445 g/mol. The second-order valence-corrected chi connectivity index (χ2v) is 8.14. The van der Waals surface area contributed by atoms with Crippen molar-refractivity contribution in [3.05, 3.63) is 58.6 Å². The van der Waals surface area contributed by atoms with Crippen molar-refractivity contribution in [3.63, 3.8) is 0 Å². The van der Waals surface area contributed by atoms with Gasteiger partial charge in [0.2, 0.25) is 11.8 Å². The molecule has 0 aromatic heterocycles. The molecule has 1 aliphatic rings. The number of ether oxygens (including phenoxy) is 1. The summed E-state index contributed by atoms with van der Waals surface area (Å²) in [5, 5.41) is 6.23. The van der Waals surface area contributed by atoms with Gasteiger partial charge < -0.3 is 15.4 Å². The first-order valence-electron chi connectivity index (χ1n) is 10.3. The van der Waals surface area contributed by atoms with Gasteiger partial charge in [-0.15, -0.1) is 0 Å². The van der Waals surface area contributed by atoms with Gasteiger partial charge in [0.05, 0.1) is 25.9 Å². The van der Waals surface area contributed by atoms with Gasteiger partial charge in [-0.05, 0) is 42.3 Å². The first-order valence-corrected chi connectivity index (χ1v) is 10.7. The van der Waals surface area contributed by atoms with Crippen LogP contribution in [0.25, 0.3) is 0 Å². The molecule has 31 heavy (non-hydrogen) atoms. The van der Waals surface area contributed by atoms with Crippen LogP contribution in [0.5, 0.6) is 5.75 Å². The van der Waals surface area contributed by atoms with Crippen LogP contribution in [0, 0.1) is 6.92 Å². The number of benzene rings is 2. The van der Waals surface area contributed by atoms with Crippen LogP contribution in [0.2, 0.25) is 5.02 Å². The predicted molar refractivity (Wildman–Crippen MR) is 123 cm³/mol. The third-order valence-electron chi connectivity index (χ3n) is 5.23. The molecule has 2 N–H and O–H groups in total. The maximum Gasteiger partial charge on any atom is 0.243 e. The lowest BCUT2D eigenvalue weighted by Gasteiger charge is -2.34. The second kappa shape index (κ2) is 11.1. The highest BCUT2D eigenvalue weighted by molar-refractivity contribution is 6.30. The number of halogens is 1. The number of rotatable bonds is 8. The Hall–Kier alpha value is -2.61. The molecule has 2 aromatic carbocycles. The minimum absolute atomic E-state index is 0.0769. The molecule has 1 saturated heterocycles. The summed E-state index contributed by atoms with van der Waals surface area (Å²) in [7, 11) is 1.55. The highest BCUT2D eigenvalue weighted by Crippen LogP contribution is 2.24. The molecule has 2 amide bonds. The number of hydrogen-bond acceptors (Lipinski definition) is 5. The molecule has 2 aromatic rings. The summed E-state index contributed by atoms with van der Waals surface area (Å²) < 4.78 is 5.26. The number of nitrogens with one attached hydrogen (secondary N) is 2. The molecule has 0 saturated carbocycles. The Labute approximate surface area is 188 Å². The fourth-order valence-corrected chi connectivity index (χ4v) is 3.63. The van der Waals surface area contributed by atoms with Crippen molar-refractivity contribution in [2.24, 2.45) is 0 Å². The molecule has 166 valence electrons. The van der Waals surface area contributed by atoms with Crippen LogP contribution < -0.4 is 15.4 Å². The van der Waals surface area contributed by atoms with E-state index in [9.17, 15) is 9.59 Å². The van der Waals surface area contributed by atoms with Gasteiger partial charge in [0.25, 0.3) is 0 Å². The number of amides is 2. The predicted octanol–water partition coefficient (Wildman–Crippen LogP) is 2.53. The molecule has 8 heteroatoms. The van der Waals surface area contributed by atoms with Gasteiger partial charge in [0.1, 0.15) is 5.75 Å². The molecule has 0 radical (unpaired) electrons. The molecule has 0 unspecified atom stereocenters. The summed E-state index contributed by atoms with van der Waals surface area (Å²) in [5.74, 6) is 0.143. The fraction of sp³-hybridized carbons (Fsp3) is 0.391. The summed E-state index contributed by atoms with van der Waals surface area (Å²) in [5.41, 5.74) is 2.83. The lowest BCUT2D eigenvalue weighted by atomic mass is 10.2. The summed E-state index contributed by atoms with van der Waals surface area (Å²) in [6.45, 7) is 6.43. The average Bonchev–Trinajstić information content (AvgIpc) is 2.75. The van der Waals surface area contributed by atoms with Crippen LogP contribution in [-0.4, -0.2) is 68.0 Å². The van der Waals surface area contributed by atoms with E-state index in [1.807, 2.05) is 43.3 Å². The summed E-state index contributed by atoms with van der Waals surface area (Å²) in [6, 6.07) is 13.4. The number of carbonyl (C=O) groups excluding carboxylic acids is 2. The van der Waals surface area contributed by atoms with E-state index in [0.29, 0.717) is 11.4 Å². The number of nitrogens with zero attached hydrogens (tertiary/aromatic N) is 2. The monoisotopic (exact) mass is 444 g/mol. The van der Waals surface area contributed by atoms with Gasteiger partial charge in [-0.3, -0.25) is 19.4 Å². The first kappa shape index (κ1) is 23.1. The van der Waals surface area contributed by atoms with Gasteiger partial charge in [-0.2, -0.15) is 0 Å². The number of piperazine rings is 1. The van der Waals surface area contributed by atoms with E-state index >= 15 is 0 Å². The third-order valence-corrected chi connectivity index (χ3v) is 5.48. The molecule has 0 spiro atoms. The van der Waals surface area contributed by atoms with Crippen LogP contribution in [0.1, 0.15) is 11.1 Å². The van der Waals surface area contributed by atoms with E-state index < -0.39 is 0 Å². The van der Waals surface area contributed by atoms with E-state index in [2.05, 4.69) is 20.4 Å². The van der Waals surface area contributed by atoms with Crippen molar-refractivity contribution in [3.8, 4) is 5.75 Å². The fourth-order valence-electron chi connectivity index (χ4n) is 3.51. The Morgan fingerprint density at radius 2 is 1.68 bits per heavy atom. The van der Waals surface area contributed by atoms with E-state index in [-0.39, 0.29) is 24.9 Å². The van der Waals surface area contributed by atoms with Crippen LogP contribution in [0.3, 0.4) is 0 Å². The van der Waals surface area contributed by atoms with Crippen molar-refractivity contribution < 1.29 is 14.3 Å². The Bertz CT molecular complexity index is 896. The lowest BCUT2D eigenvalue weighted by molar-refractivity contribution is -0.125. The van der Waals surface area contributed by atoms with E-state index in [1.165, 1.54) is 5.56 Å². The minimum atomic E-state index is -0.287. The zero-order chi connectivity index (χ0) is 22.2. The Morgan fingerprint density at radius 3 is 2.35 bits per heavy atom. The largest absolute Gasteiger partial charge is 0.495 e. The smallest absolute Gasteiger partial charge is 0.243 e. The Morgan fingerprint density at radius 1 is 1.00 bits per heavy atom. The van der Waals surface area contributed by atoms with Crippen molar-refractivity contribution in [2.75, 3.05) is 51.7 Å². The molecule has 0 bridgehead atoms. The minimum Gasteiger partial charge on any atom is -0.495 e. The number of carbonyl (C=O) groups is 2. The van der Waals surface area contributed by atoms with Crippen LogP contribution >= 0.6 is 11.6 Å². The quantitative estimate of drug-likeness (QED) is 0.654. The van der Waals surface area contributed by atoms with E-state index in [0.717, 1.165) is 43.3 Å². The maximum absolute atomic E-state index is 12.3. The number of anilines is 1. The zero-order valence-electron chi connectivity index (χ0n) is 18.0. The zero-order valence-corrected chi connectivity index (χ0v) is 18.7. The molecule has 1 fully saturated rings. The van der Waals surface area contributed by atoms with Gasteiger partial charge in [-0.1, -0.05) is 29.8 Å². The first-order chi connectivity index (χ1) is 14.9. The Kier molecular flexibility index (Phi) is 8.28. The molecule has 0 aliphatic carbocycles. The molecular formula is C23H29ClN4O3. The highest BCUT2D eigenvalue weighted by atomic mass is 35.5. The second-order valence-electron chi connectivity index (χ2n) is 7.71. The number of hydrogen-bond donors (Lipinski definition) is 2. The lowest BCUT2D eigenvalue weighted by Crippen LogP contribution is -2.49. The molecule has 0 atom stereocenters. The topological polar surface area (TPSA) is 73.9 Å². The van der Waals surface area contributed by atoms with E-state index in [1.54, 1.807) is 13.2 Å². The van der Waals surface area contributed by atoms with Crippen molar-refractivity contribution >= 4 is 29.1 Å². The molecule has 1 aliphatic heterocycles. The molecule has 1 heterocycles. The van der Waals surface area contributed by atoms with Crippen molar-refractivity contribution in [1.82, 2.24) is 15.1 Å². The van der Waals surface area contributed by atoms with Gasteiger partial charge in [0, 0.05) is 37.7 Å². The number of methoxy groups -OCH3 is 1. The van der Waals surface area contributed by atoms with E-state index in [4.69, 9.17) is 16.3 Å².